The molecular formula is C65H115NO5S2Si. The summed E-state index contributed by atoms with van der Waals surface area (Å²) in [4.78, 5) is 26.0. The van der Waals surface area contributed by atoms with Gasteiger partial charge < -0.3 is 19.2 Å². The summed E-state index contributed by atoms with van der Waals surface area (Å²) >= 11 is 3.95. The van der Waals surface area contributed by atoms with Crippen LogP contribution in [-0.4, -0.2) is 74.7 Å². The Balaban J connectivity index is 2.02. The van der Waals surface area contributed by atoms with Crippen molar-refractivity contribution in [1.29, 1.82) is 0 Å². The van der Waals surface area contributed by atoms with Crippen LogP contribution in [0.25, 0.3) is 0 Å². The van der Waals surface area contributed by atoms with Gasteiger partial charge in [0.2, 0.25) is 0 Å². The van der Waals surface area contributed by atoms with E-state index >= 15 is 0 Å². The Morgan fingerprint density at radius 2 is 0.851 bits per heavy atom. The van der Waals surface area contributed by atoms with Crippen molar-refractivity contribution in [2.45, 2.75) is 290 Å². The van der Waals surface area contributed by atoms with Gasteiger partial charge in [-0.25, -0.2) is 0 Å². The molecule has 0 fully saturated rings. The van der Waals surface area contributed by atoms with Gasteiger partial charge in [0.05, 0.1) is 0 Å². The zero-order valence-electron chi connectivity index (χ0n) is 49.1. The number of thioether (sulfide) groups is 2. The Morgan fingerprint density at radius 3 is 1.27 bits per heavy atom. The Bertz CT molecular complexity index is 1480. The van der Waals surface area contributed by atoms with Crippen molar-refractivity contribution in [2.24, 2.45) is 0 Å². The third-order valence-electron chi connectivity index (χ3n) is 14.9. The highest BCUT2D eigenvalue weighted by molar-refractivity contribution is 7.99. The molecule has 1 N–H and O–H groups in total. The van der Waals surface area contributed by atoms with Gasteiger partial charge in [-0.2, -0.15) is 23.5 Å². The highest BCUT2D eigenvalue weighted by Crippen LogP contribution is 2.37. The number of carbonyl (C=O) groups excluding carboxylic acids is 2. The molecule has 6 nitrogen and oxygen atoms in total. The van der Waals surface area contributed by atoms with E-state index in [1.165, 1.54) is 152 Å². The predicted octanol–water partition coefficient (Wildman–Crippen LogP) is 18.2. The fraction of sp³-hybridized carbons (Fsp3) is 0.785. The molecule has 0 spiro atoms. The normalized spacial score (nSPS) is 13.2. The van der Waals surface area contributed by atoms with Gasteiger partial charge >= 0.3 is 11.9 Å². The van der Waals surface area contributed by atoms with Crippen molar-refractivity contribution in [3.05, 3.63) is 60.7 Å². The van der Waals surface area contributed by atoms with E-state index in [1.807, 2.05) is 23.5 Å². The van der Waals surface area contributed by atoms with E-state index in [1.54, 1.807) is 0 Å². The first-order chi connectivity index (χ1) is 36.1. The molecule has 0 aliphatic rings. The zero-order valence-corrected chi connectivity index (χ0v) is 51.8. The summed E-state index contributed by atoms with van der Waals surface area (Å²) in [5.74, 6) is 4.18. The van der Waals surface area contributed by atoms with E-state index in [9.17, 15) is 9.59 Å². The first kappa shape index (κ1) is 68.3. The number of ether oxygens (including phenoxy) is 2. The summed E-state index contributed by atoms with van der Waals surface area (Å²) in [6.07, 6.45) is 39.0. The summed E-state index contributed by atoms with van der Waals surface area (Å²) in [5.41, 5.74) is 0. The van der Waals surface area contributed by atoms with Gasteiger partial charge in [-0.1, -0.05) is 238 Å². The number of hydrogen-bond donors (Lipinski definition) is 1. The van der Waals surface area contributed by atoms with Crippen LogP contribution in [0.4, 0.5) is 0 Å². The van der Waals surface area contributed by atoms with Gasteiger partial charge in [-0.3, -0.25) is 9.59 Å². The van der Waals surface area contributed by atoms with Crippen LogP contribution in [0.2, 0.25) is 5.04 Å². The highest BCUT2D eigenvalue weighted by atomic mass is 32.2. The summed E-state index contributed by atoms with van der Waals surface area (Å²) in [6, 6.07) is 22.5. The summed E-state index contributed by atoms with van der Waals surface area (Å²) in [6.45, 7) is 17.9. The van der Waals surface area contributed by atoms with Crippen LogP contribution in [0.15, 0.2) is 60.7 Å². The second-order valence-electron chi connectivity index (χ2n) is 22.7. The van der Waals surface area contributed by atoms with Crippen molar-refractivity contribution in [2.75, 3.05) is 36.2 Å². The molecule has 9 heteroatoms. The molecule has 0 heterocycles. The van der Waals surface area contributed by atoms with Crippen LogP contribution in [0.1, 0.15) is 267 Å². The average molecular weight is 1080 g/mol. The molecule has 2 aromatic carbocycles. The monoisotopic (exact) mass is 1080 g/mol. The third kappa shape index (κ3) is 32.8. The SMILES string of the molecule is CCCCCCCCCC(=O)OC(CCCCCC(CCCCCC(CSCCCCC)OC(=O)CCCCCCCCC)NCCCCO[Si](c1ccccc1)(c1ccccc1)C(C)(C)C)CSCCCCC. The summed E-state index contributed by atoms with van der Waals surface area (Å²) in [5, 5.41) is 6.70. The molecule has 0 radical (unpaired) electrons. The molecule has 426 valence electrons. The number of benzene rings is 2. The molecule has 74 heavy (non-hydrogen) atoms. The largest absolute Gasteiger partial charge is 0.461 e. The van der Waals surface area contributed by atoms with Crippen molar-refractivity contribution in [3.63, 3.8) is 0 Å². The van der Waals surface area contributed by atoms with E-state index in [2.05, 4.69) is 114 Å². The molecule has 0 aromatic heterocycles. The van der Waals surface area contributed by atoms with Crippen LogP contribution in [0.5, 0.6) is 0 Å². The van der Waals surface area contributed by atoms with Crippen LogP contribution in [0, 0.1) is 0 Å². The number of esters is 2. The Hall–Kier alpha value is -1.78. The van der Waals surface area contributed by atoms with Crippen molar-refractivity contribution in [3.8, 4) is 0 Å². The first-order valence-corrected chi connectivity index (χ1v) is 35.4. The minimum absolute atomic E-state index is 0.0117. The topological polar surface area (TPSA) is 73.9 Å². The standard InChI is InChI=1S/C65H115NO5S2Si/c1-8-12-16-18-20-22-36-50-63(67)70-59(56-72-54-40-14-10-3)44-30-24-28-42-58(43-29-25-31-45-60(57-73-55-41-15-11-4)71-64(68)51-37-23-21-19-17-13-9-2)66-52-38-39-53-69-74(65(5,6)7,61-46-32-26-33-47-61)62-48-34-27-35-49-62/h26-27,32-35,46-49,58-60,66H,8-25,28-31,36-45,50-57H2,1-7H3. The zero-order chi connectivity index (χ0) is 53.6. The average Bonchev–Trinajstić information content (AvgIpc) is 3.39. The fourth-order valence-electron chi connectivity index (χ4n) is 10.4. The molecule has 0 amide bonds. The molecule has 2 atom stereocenters. The smallest absolute Gasteiger partial charge is 0.306 e. The molecule has 2 rings (SSSR count). The number of carbonyl (C=O) groups is 2. The fourth-order valence-corrected chi connectivity index (χ4v) is 17.1. The van der Waals surface area contributed by atoms with Gasteiger partial charge in [0, 0.05) is 37.0 Å². The van der Waals surface area contributed by atoms with Gasteiger partial charge in [0.25, 0.3) is 8.32 Å². The molecule has 2 unspecified atom stereocenters. The molecule has 0 aliphatic heterocycles. The lowest BCUT2D eigenvalue weighted by molar-refractivity contribution is -0.149. The maximum absolute atomic E-state index is 13.0. The van der Waals surface area contributed by atoms with Crippen LogP contribution in [-0.2, 0) is 23.5 Å². The van der Waals surface area contributed by atoms with Crippen molar-refractivity contribution < 1.29 is 23.5 Å². The summed E-state index contributed by atoms with van der Waals surface area (Å²) < 4.78 is 19.6. The minimum Gasteiger partial charge on any atom is -0.461 e. The van der Waals surface area contributed by atoms with Crippen LogP contribution >= 0.6 is 23.5 Å². The van der Waals surface area contributed by atoms with Crippen LogP contribution in [0.3, 0.4) is 0 Å². The van der Waals surface area contributed by atoms with E-state index in [4.69, 9.17) is 13.9 Å². The third-order valence-corrected chi connectivity index (χ3v) is 22.3. The lowest BCUT2D eigenvalue weighted by Gasteiger charge is -2.43. The maximum Gasteiger partial charge on any atom is 0.306 e. The first-order valence-electron chi connectivity index (χ1n) is 31.1. The predicted molar refractivity (Wildman–Crippen MR) is 329 cm³/mol. The van der Waals surface area contributed by atoms with Gasteiger partial charge in [0.1, 0.15) is 12.2 Å². The molecule has 0 bridgehead atoms. The molecule has 2 aromatic rings. The van der Waals surface area contributed by atoms with E-state index in [0.717, 1.165) is 100 Å². The lowest BCUT2D eigenvalue weighted by Crippen LogP contribution is -2.66. The number of hydrogen-bond acceptors (Lipinski definition) is 8. The second kappa shape index (κ2) is 46.2. The van der Waals surface area contributed by atoms with E-state index in [-0.39, 0.29) is 29.2 Å². The second-order valence-corrected chi connectivity index (χ2v) is 29.3. The quantitative estimate of drug-likeness (QED) is 0.0399. The Labute approximate surface area is 467 Å². The maximum atomic E-state index is 13.0. The van der Waals surface area contributed by atoms with Gasteiger partial charge in [0.15, 0.2) is 0 Å². The number of unbranched alkanes of at least 4 members (excludes halogenated alkanes) is 21. The summed E-state index contributed by atoms with van der Waals surface area (Å²) in [7, 11) is -2.55. The molecule has 0 saturated heterocycles. The molecule has 0 aliphatic carbocycles. The number of nitrogens with one attached hydrogen (secondary N) is 1. The van der Waals surface area contributed by atoms with Gasteiger partial charge in [-0.05, 0) is 111 Å². The molecular weight excluding hydrogens is 967 g/mol. The highest BCUT2D eigenvalue weighted by Gasteiger charge is 2.50. The molecule has 0 saturated carbocycles. The Kier molecular flexibility index (Phi) is 42.6. The number of rotatable bonds is 51. The van der Waals surface area contributed by atoms with Crippen LogP contribution < -0.4 is 15.7 Å². The lowest BCUT2D eigenvalue weighted by atomic mass is 9.99. The van der Waals surface area contributed by atoms with Gasteiger partial charge in [-0.15, -0.1) is 0 Å². The van der Waals surface area contributed by atoms with Crippen molar-refractivity contribution in [1.82, 2.24) is 5.32 Å². The minimum atomic E-state index is -2.55. The van der Waals surface area contributed by atoms with E-state index in [0.29, 0.717) is 18.9 Å². The van der Waals surface area contributed by atoms with Crippen molar-refractivity contribution >= 4 is 54.2 Å². The van der Waals surface area contributed by atoms with E-state index < -0.39 is 8.32 Å². The Morgan fingerprint density at radius 1 is 0.473 bits per heavy atom.